The molecule has 2 atom stereocenters. The fourth-order valence-electron chi connectivity index (χ4n) is 2.14. The number of imidazole rings is 1. The van der Waals surface area contributed by atoms with Crippen molar-refractivity contribution < 1.29 is 4.74 Å². The molecule has 3 rings (SSSR count). The minimum atomic E-state index is -0.322. The van der Waals surface area contributed by atoms with Crippen molar-refractivity contribution in [2.45, 2.75) is 32.1 Å². The summed E-state index contributed by atoms with van der Waals surface area (Å²) in [5.41, 5.74) is 5.98. The zero-order valence-electron chi connectivity index (χ0n) is 9.38. The van der Waals surface area contributed by atoms with Gasteiger partial charge in [-0.15, -0.1) is 0 Å². The summed E-state index contributed by atoms with van der Waals surface area (Å²) in [4.78, 5) is 22.2. The Labute approximate surface area is 96.6 Å². The van der Waals surface area contributed by atoms with E-state index in [0.717, 1.165) is 12.8 Å². The number of rotatable bonds is 1. The molecule has 1 saturated heterocycles. The third-order valence-electron chi connectivity index (χ3n) is 2.97. The summed E-state index contributed by atoms with van der Waals surface area (Å²) in [7, 11) is 0. The van der Waals surface area contributed by atoms with Crippen LogP contribution in [0.2, 0.25) is 0 Å². The predicted molar refractivity (Wildman–Crippen MR) is 61.4 cm³/mol. The molecular formula is C10H13N5O2. The lowest BCUT2D eigenvalue weighted by Gasteiger charge is -2.12. The van der Waals surface area contributed by atoms with Crippen LogP contribution in [0.15, 0.2) is 11.1 Å². The van der Waals surface area contributed by atoms with Crippen molar-refractivity contribution in [2.75, 3.05) is 5.73 Å². The highest BCUT2D eigenvalue weighted by Crippen LogP contribution is 2.29. The molecule has 0 aromatic carbocycles. The Morgan fingerprint density at radius 2 is 2.41 bits per heavy atom. The van der Waals surface area contributed by atoms with Gasteiger partial charge in [-0.25, -0.2) is 4.98 Å². The standard InChI is InChI=1S/C10H13N5O2/c1-5-2-3-6(17-5)15-4-12-7-8(15)13-10(11)14-9(7)16/h4-6H,2-3H2,1H3,(H3,11,13,14,16)/t5-,6-/m1/s1. The summed E-state index contributed by atoms with van der Waals surface area (Å²) in [6.07, 6.45) is 3.57. The fourth-order valence-corrected chi connectivity index (χ4v) is 2.14. The summed E-state index contributed by atoms with van der Waals surface area (Å²) >= 11 is 0. The SMILES string of the molecule is C[C@@H]1CC[C@H](n2cnc3c(=O)[nH]c(N)nc32)O1. The maximum Gasteiger partial charge on any atom is 0.280 e. The molecule has 0 unspecified atom stereocenters. The molecule has 1 aliphatic rings. The van der Waals surface area contributed by atoms with Gasteiger partial charge in [-0.3, -0.25) is 14.3 Å². The lowest BCUT2D eigenvalue weighted by molar-refractivity contribution is 0.0132. The highest BCUT2D eigenvalue weighted by atomic mass is 16.5. The second-order valence-electron chi connectivity index (χ2n) is 4.25. The highest BCUT2D eigenvalue weighted by molar-refractivity contribution is 5.70. The van der Waals surface area contributed by atoms with Gasteiger partial charge in [0.2, 0.25) is 5.95 Å². The molecule has 3 N–H and O–H groups in total. The van der Waals surface area contributed by atoms with Gasteiger partial charge < -0.3 is 10.5 Å². The van der Waals surface area contributed by atoms with Crippen LogP contribution >= 0.6 is 0 Å². The lowest BCUT2D eigenvalue weighted by Crippen LogP contribution is -2.14. The summed E-state index contributed by atoms with van der Waals surface area (Å²) in [6.45, 7) is 2.02. The first kappa shape index (κ1) is 10.3. The molecule has 2 aromatic rings. The van der Waals surface area contributed by atoms with E-state index >= 15 is 0 Å². The first-order valence-electron chi connectivity index (χ1n) is 5.53. The van der Waals surface area contributed by atoms with Gasteiger partial charge in [0.1, 0.15) is 6.23 Å². The van der Waals surface area contributed by atoms with E-state index in [1.165, 1.54) is 0 Å². The molecule has 0 saturated carbocycles. The summed E-state index contributed by atoms with van der Waals surface area (Å²) in [6, 6.07) is 0. The maximum atomic E-state index is 11.6. The smallest absolute Gasteiger partial charge is 0.280 e. The quantitative estimate of drug-likeness (QED) is 0.745. The Morgan fingerprint density at radius 1 is 1.59 bits per heavy atom. The molecule has 2 aromatic heterocycles. The highest BCUT2D eigenvalue weighted by Gasteiger charge is 2.25. The second-order valence-corrected chi connectivity index (χ2v) is 4.25. The van der Waals surface area contributed by atoms with Crippen LogP contribution < -0.4 is 11.3 Å². The lowest BCUT2D eigenvalue weighted by atomic mass is 10.2. The van der Waals surface area contributed by atoms with Crippen LogP contribution in [0.4, 0.5) is 5.95 Å². The monoisotopic (exact) mass is 235 g/mol. The first-order valence-corrected chi connectivity index (χ1v) is 5.53. The van der Waals surface area contributed by atoms with E-state index in [-0.39, 0.29) is 23.8 Å². The van der Waals surface area contributed by atoms with E-state index in [0.29, 0.717) is 11.2 Å². The maximum absolute atomic E-state index is 11.6. The molecule has 1 aliphatic heterocycles. The van der Waals surface area contributed by atoms with Crippen molar-refractivity contribution >= 4 is 17.1 Å². The van der Waals surface area contributed by atoms with Gasteiger partial charge in [0.15, 0.2) is 11.2 Å². The molecule has 0 bridgehead atoms. The molecule has 0 aliphatic carbocycles. The topological polar surface area (TPSA) is 98.8 Å². The summed E-state index contributed by atoms with van der Waals surface area (Å²) in [5.74, 6) is 0.0929. The van der Waals surface area contributed by atoms with Crippen LogP contribution in [-0.2, 0) is 4.74 Å². The number of hydrogen-bond donors (Lipinski definition) is 2. The van der Waals surface area contributed by atoms with Gasteiger partial charge in [-0.1, -0.05) is 0 Å². The van der Waals surface area contributed by atoms with Gasteiger partial charge in [0.25, 0.3) is 5.56 Å². The molecule has 0 amide bonds. The second kappa shape index (κ2) is 3.56. The van der Waals surface area contributed by atoms with E-state index in [9.17, 15) is 4.79 Å². The number of nitrogen functional groups attached to an aromatic ring is 1. The molecule has 7 heteroatoms. The number of nitrogens with two attached hydrogens (primary N) is 1. The Morgan fingerprint density at radius 3 is 3.12 bits per heavy atom. The van der Waals surface area contributed by atoms with E-state index < -0.39 is 0 Å². The van der Waals surface area contributed by atoms with Crippen molar-refractivity contribution in [1.29, 1.82) is 0 Å². The average molecular weight is 235 g/mol. The molecule has 3 heterocycles. The minimum Gasteiger partial charge on any atom is -0.369 e. The van der Waals surface area contributed by atoms with E-state index in [2.05, 4.69) is 15.0 Å². The van der Waals surface area contributed by atoms with Crippen LogP contribution in [0.5, 0.6) is 0 Å². The van der Waals surface area contributed by atoms with Crippen molar-refractivity contribution in [3.8, 4) is 0 Å². The summed E-state index contributed by atoms with van der Waals surface area (Å²) in [5, 5.41) is 0. The van der Waals surface area contributed by atoms with Crippen LogP contribution in [0.3, 0.4) is 0 Å². The number of nitrogens with zero attached hydrogens (tertiary/aromatic N) is 3. The van der Waals surface area contributed by atoms with Crippen molar-refractivity contribution in [1.82, 2.24) is 19.5 Å². The van der Waals surface area contributed by atoms with E-state index in [4.69, 9.17) is 10.5 Å². The fraction of sp³-hybridized carbons (Fsp3) is 0.500. The number of H-pyrrole nitrogens is 1. The number of hydrogen-bond acceptors (Lipinski definition) is 5. The van der Waals surface area contributed by atoms with Crippen molar-refractivity contribution in [3.05, 3.63) is 16.7 Å². The zero-order chi connectivity index (χ0) is 12.0. The number of aromatic nitrogens is 4. The Bertz CT molecular complexity index is 617. The molecule has 1 fully saturated rings. The largest absolute Gasteiger partial charge is 0.369 e. The van der Waals surface area contributed by atoms with E-state index in [1.807, 2.05) is 6.92 Å². The van der Waals surface area contributed by atoms with Crippen LogP contribution in [0, 0.1) is 0 Å². The van der Waals surface area contributed by atoms with Gasteiger partial charge in [0, 0.05) is 0 Å². The average Bonchev–Trinajstić information content (AvgIpc) is 2.83. The number of ether oxygens (including phenoxy) is 1. The van der Waals surface area contributed by atoms with E-state index in [1.54, 1.807) is 10.9 Å². The molecule has 0 spiro atoms. The van der Waals surface area contributed by atoms with Crippen LogP contribution in [0.1, 0.15) is 26.0 Å². The van der Waals surface area contributed by atoms with Crippen LogP contribution in [-0.4, -0.2) is 25.6 Å². The minimum absolute atomic E-state index is 0.0929. The Kier molecular flexibility index (Phi) is 2.15. The Hall–Kier alpha value is -1.89. The normalized spacial score (nSPS) is 24.5. The molecular weight excluding hydrogens is 222 g/mol. The van der Waals surface area contributed by atoms with Gasteiger partial charge >= 0.3 is 0 Å². The van der Waals surface area contributed by atoms with Crippen molar-refractivity contribution in [3.63, 3.8) is 0 Å². The summed E-state index contributed by atoms with van der Waals surface area (Å²) < 4.78 is 7.49. The van der Waals surface area contributed by atoms with Crippen LogP contribution in [0.25, 0.3) is 11.2 Å². The molecule has 0 radical (unpaired) electrons. The van der Waals surface area contributed by atoms with Gasteiger partial charge in [-0.05, 0) is 19.8 Å². The number of nitrogens with one attached hydrogen (secondary N) is 1. The molecule has 17 heavy (non-hydrogen) atoms. The Balaban J connectivity index is 2.15. The number of aromatic amines is 1. The third-order valence-corrected chi connectivity index (χ3v) is 2.97. The molecule has 90 valence electrons. The number of anilines is 1. The number of fused-ring (bicyclic) bond motifs is 1. The predicted octanol–water partition coefficient (Wildman–Crippen LogP) is 0.399. The van der Waals surface area contributed by atoms with Gasteiger partial charge in [0.05, 0.1) is 12.4 Å². The third kappa shape index (κ3) is 1.59. The van der Waals surface area contributed by atoms with Gasteiger partial charge in [-0.2, -0.15) is 4.98 Å². The van der Waals surface area contributed by atoms with Crippen molar-refractivity contribution in [2.24, 2.45) is 0 Å². The molecule has 7 nitrogen and oxygen atoms in total. The first-order chi connectivity index (χ1) is 8.15. The zero-order valence-corrected chi connectivity index (χ0v) is 9.38.